The van der Waals surface area contributed by atoms with E-state index in [1.165, 1.54) is 0 Å². The van der Waals surface area contributed by atoms with Crippen LogP contribution in [0.3, 0.4) is 0 Å². The molecule has 5 nitrogen and oxygen atoms in total. The van der Waals surface area contributed by atoms with Gasteiger partial charge in [0.15, 0.2) is 0 Å². The molecule has 3 heterocycles. The van der Waals surface area contributed by atoms with Crippen molar-refractivity contribution in [3.8, 4) is 11.4 Å². The van der Waals surface area contributed by atoms with E-state index in [1.54, 1.807) is 12.4 Å². The van der Waals surface area contributed by atoms with E-state index < -0.39 is 0 Å². The highest BCUT2D eigenvalue weighted by Crippen LogP contribution is 2.31. The van der Waals surface area contributed by atoms with Crippen molar-refractivity contribution in [3.63, 3.8) is 0 Å². The highest BCUT2D eigenvalue weighted by atomic mass is 32.2. The molecule has 1 aliphatic rings. The average Bonchev–Trinajstić information content (AvgIpc) is 2.98. The van der Waals surface area contributed by atoms with Gasteiger partial charge in [0.05, 0.1) is 5.92 Å². The number of hydrogen-bond acceptors (Lipinski definition) is 6. The molecule has 0 radical (unpaired) electrons. The monoisotopic (exact) mass is 248 g/mol. The molecule has 2 aromatic rings. The van der Waals surface area contributed by atoms with Crippen molar-refractivity contribution < 1.29 is 4.52 Å². The van der Waals surface area contributed by atoms with Gasteiger partial charge >= 0.3 is 0 Å². The summed E-state index contributed by atoms with van der Waals surface area (Å²) in [5.74, 6) is 3.31. The van der Waals surface area contributed by atoms with Gasteiger partial charge in [-0.3, -0.25) is 4.98 Å². The van der Waals surface area contributed by atoms with Gasteiger partial charge in [0, 0.05) is 35.5 Å². The van der Waals surface area contributed by atoms with Crippen LogP contribution in [-0.4, -0.2) is 32.7 Å². The van der Waals surface area contributed by atoms with Crippen molar-refractivity contribution in [1.29, 1.82) is 0 Å². The molecule has 2 atom stereocenters. The molecule has 17 heavy (non-hydrogen) atoms. The molecule has 0 spiro atoms. The first-order valence-corrected chi connectivity index (χ1v) is 6.57. The topological polar surface area (TPSA) is 77.8 Å². The predicted octanol–water partition coefficient (Wildman–Crippen LogP) is 1.29. The molecule has 6 heteroatoms. The van der Waals surface area contributed by atoms with Crippen molar-refractivity contribution >= 4 is 11.8 Å². The molecule has 2 aromatic heterocycles. The Morgan fingerprint density at radius 3 is 3.06 bits per heavy atom. The van der Waals surface area contributed by atoms with Gasteiger partial charge in [-0.05, 0) is 12.1 Å². The Morgan fingerprint density at radius 1 is 1.41 bits per heavy atom. The molecule has 0 aliphatic carbocycles. The van der Waals surface area contributed by atoms with E-state index in [2.05, 4.69) is 15.1 Å². The van der Waals surface area contributed by atoms with Crippen molar-refractivity contribution in [2.24, 2.45) is 5.73 Å². The van der Waals surface area contributed by atoms with E-state index in [4.69, 9.17) is 10.3 Å². The van der Waals surface area contributed by atoms with Gasteiger partial charge in [-0.15, -0.1) is 0 Å². The average molecular weight is 248 g/mol. The van der Waals surface area contributed by atoms with Crippen molar-refractivity contribution in [3.05, 3.63) is 30.4 Å². The SMILES string of the molecule is NC1CSCC1c1nc(-c2cccnc2)no1. The number of thioether (sulfide) groups is 1. The lowest BCUT2D eigenvalue weighted by molar-refractivity contribution is 0.352. The summed E-state index contributed by atoms with van der Waals surface area (Å²) in [5.41, 5.74) is 6.86. The van der Waals surface area contributed by atoms with E-state index in [9.17, 15) is 0 Å². The van der Waals surface area contributed by atoms with E-state index in [-0.39, 0.29) is 12.0 Å². The first-order chi connectivity index (χ1) is 8.34. The van der Waals surface area contributed by atoms with Crippen LogP contribution in [-0.2, 0) is 0 Å². The summed E-state index contributed by atoms with van der Waals surface area (Å²) in [6.07, 6.45) is 3.44. The second-order valence-electron chi connectivity index (χ2n) is 4.01. The Kier molecular flexibility index (Phi) is 2.82. The molecule has 0 bridgehead atoms. The van der Waals surface area contributed by atoms with Crippen LogP contribution >= 0.6 is 11.8 Å². The largest absolute Gasteiger partial charge is 0.339 e. The zero-order valence-electron chi connectivity index (χ0n) is 9.11. The zero-order valence-corrected chi connectivity index (χ0v) is 9.93. The summed E-state index contributed by atoms with van der Waals surface area (Å²) in [6.45, 7) is 0. The molecule has 88 valence electrons. The van der Waals surface area contributed by atoms with Gasteiger partial charge in [0.2, 0.25) is 11.7 Å². The fourth-order valence-corrected chi connectivity index (χ4v) is 3.11. The fourth-order valence-electron chi connectivity index (χ4n) is 1.82. The lowest BCUT2D eigenvalue weighted by Gasteiger charge is -2.07. The molecular formula is C11H12N4OS. The molecule has 3 rings (SSSR count). The van der Waals surface area contributed by atoms with E-state index >= 15 is 0 Å². The molecule has 1 fully saturated rings. The molecule has 0 amide bonds. The maximum absolute atomic E-state index is 6.00. The van der Waals surface area contributed by atoms with Crippen molar-refractivity contribution in [1.82, 2.24) is 15.1 Å². The molecule has 2 N–H and O–H groups in total. The van der Waals surface area contributed by atoms with Crippen LogP contribution in [0.25, 0.3) is 11.4 Å². The van der Waals surface area contributed by atoms with Crippen LogP contribution < -0.4 is 5.73 Å². The van der Waals surface area contributed by atoms with E-state index in [1.807, 2.05) is 23.9 Å². The Hall–Kier alpha value is -1.40. The Balaban J connectivity index is 1.88. The van der Waals surface area contributed by atoms with Crippen molar-refractivity contribution in [2.45, 2.75) is 12.0 Å². The number of nitrogens with zero attached hydrogens (tertiary/aromatic N) is 3. The summed E-state index contributed by atoms with van der Waals surface area (Å²) >= 11 is 1.83. The first-order valence-electron chi connectivity index (χ1n) is 5.42. The maximum Gasteiger partial charge on any atom is 0.232 e. The molecule has 1 aliphatic heterocycles. The third kappa shape index (κ3) is 2.05. The molecule has 2 unspecified atom stereocenters. The maximum atomic E-state index is 6.00. The number of aromatic nitrogens is 3. The Labute approximate surface area is 103 Å². The highest BCUT2D eigenvalue weighted by Gasteiger charge is 2.30. The lowest BCUT2D eigenvalue weighted by atomic mass is 10.1. The van der Waals surface area contributed by atoms with Crippen LogP contribution in [0.2, 0.25) is 0 Å². The Morgan fingerprint density at radius 2 is 2.35 bits per heavy atom. The Bertz CT molecular complexity index is 501. The summed E-state index contributed by atoms with van der Waals surface area (Å²) < 4.78 is 5.29. The van der Waals surface area contributed by atoms with Crippen LogP contribution in [0.4, 0.5) is 0 Å². The predicted molar refractivity (Wildman–Crippen MR) is 65.6 cm³/mol. The summed E-state index contributed by atoms with van der Waals surface area (Å²) in [6, 6.07) is 3.87. The first kappa shape index (κ1) is 10.7. The van der Waals surface area contributed by atoms with Gasteiger partial charge in [-0.1, -0.05) is 5.16 Å². The van der Waals surface area contributed by atoms with Gasteiger partial charge < -0.3 is 10.3 Å². The molecule has 0 aromatic carbocycles. The number of nitrogens with two attached hydrogens (primary N) is 1. The van der Waals surface area contributed by atoms with Gasteiger partial charge in [-0.25, -0.2) is 0 Å². The summed E-state index contributed by atoms with van der Waals surface area (Å²) in [7, 11) is 0. The minimum Gasteiger partial charge on any atom is -0.339 e. The lowest BCUT2D eigenvalue weighted by Crippen LogP contribution is -2.26. The summed E-state index contributed by atoms with van der Waals surface area (Å²) in [5, 5.41) is 3.97. The number of hydrogen-bond donors (Lipinski definition) is 1. The smallest absolute Gasteiger partial charge is 0.232 e. The van der Waals surface area contributed by atoms with Crippen LogP contribution in [0.15, 0.2) is 29.0 Å². The normalized spacial score (nSPS) is 24.1. The minimum absolute atomic E-state index is 0.113. The van der Waals surface area contributed by atoms with E-state index in [0.717, 1.165) is 17.1 Å². The van der Waals surface area contributed by atoms with Crippen LogP contribution in [0, 0.1) is 0 Å². The zero-order chi connectivity index (χ0) is 11.7. The number of pyridine rings is 1. The van der Waals surface area contributed by atoms with Crippen LogP contribution in [0.5, 0.6) is 0 Å². The molecule has 1 saturated heterocycles. The number of rotatable bonds is 2. The van der Waals surface area contributed by atoms with Gasteiger partial charge in [0.25, 0.3) is 0 Å². The summed E-state index contributed by atoms with van der Waals surface area (Å²) in [4.78, 5) is 8.43. The third-order valence-corrected chi connectivity index (χ3v) is 4.02. The van der Waals surface area contributed by atoms with Gasteiger partial charge in [0.1, 0.15) is 0 Å². The second-order valence-corrected chi connectivity index (χ2v) is 5.08. The molecular weight excluding hydrogens is 236 g/mol. The van der Waals surface area contributed by atoms with Gasteiger partial charge in [-0.2, -0.15) is 16.7 Å². The molecule has 0 saturated carbocycles. The third-order valence-electron chi connectivity index (χ3n) is 2.80. The fraction of sp³-hybridized carbons (Fsp3) is 0.364. The highest BCUT2D eigenvalue weighted by molar-refractivity contribution is 7.99. The van der Waals surface area contributed by atoms with E-state index in [0.29, 0.717) is 11.7 Å². The quantitative estimate of drug-likeness (QED) is 0.862. The van der Waals surface area contributed by atoms with Crippen LogP contribution in [0.1, 0.15) is 11.8 Å². The standard InChI is InChI=1S/C11H12N4OS/c12-9-6-17-5-8(9)11-14-10(15-16-11)7-2-1-3-13-4-7/h1-4,8-9H,5-6,12H2. The minimum atomic E-state index is 0.113. The second kappa shape index (κ2) is 4.46. The van der Waals surface area contributed by atoms with Crippen molar-refractivity contribution in [2.75, 3.05) is 11.5 Å².